The van der Waals surface area contributed by atoms with E-state index >= 15 is 0 Å². The maximum Gasteiger partial charge on any atom is 1.00 e. The first-order chi connectivity index (χ1) is 8.47. The zero-order valence-corrected chi connectivity index (χ0v) is 13.7. The second-order valence-corrected chi connectivity index (χ2v) is 4.21. The standard InChI is InChI=1S/C11H12BF4O2.K/c13-8-3-4-11(10(6-8)12(14,15)16)18-9-2-1-5-17-7-9;/h3-4,6,9H,1-2,5,7H2;/q-1;+1. The predicted molar refractivity (Wildman–Crippen MR) is 59.6 cm³/mol. The second-order valence-electron chi connectivity index (χ2n) is 4.21. The molecule has 0 aromatic heterocycles. The fraction of sp³-hybridized carbons (Fsp3) is 0.455. The first-order valence-electron chi connectivity index (χ1n) is 5.70. The van der Waals surface area contributed by atoms with Crippen LogP contribution in [-0.2, 0) is 4.74 Å². The maximum atomic E-state index is 12.9. The molecule has 0 amide bonds. The van der Waals surface area contributed by atoms with Crippen LogP contribution in [0.3, 0.4) is 0 Å². The van der Waals surface area contributed by atoms with Gasteiger partial charge in [-0.1, -0.05) is 5.46 Å². The summed E-state index contributed by atoms with van der Waals surface area (Å²) in [5, 5.41) is 0. The van der Waals surface area contributed by atoms with Crippen LogP contribution < -0.4 is 61.6 Å². The predicted octanol–water partition coefficient (Wildman–Crippen LogP) is -0.558. The zero-order valence-electron chi connectivity index (χ0n) is 10.5. The summed E-state index contributed by atoms with van der Waals surface area (Å²) in [6.45, 7) is -4.43. The van der Waals surface area contributed by atoms with E-state index in [4.69, 9.17) is 9.47 Å². The van der Waals surface area contributed by atoms with E-state index in [1.165, 1.54) is 0 Å². The molecular weight excluding hydrogens is 290 g/mol. The third kappa shape index (κ3) is 5.02. The van der Waals surface area contributed by atoms with Crippen molar-refractivity contribution in [3.05, 3.63) is 24.0 Å². The second kappa shape index (κ2) is 7.42. The van der Waals surface area contributed by atoms with Crippen molar-refractivity contribution in [3.63, 3.8) is 0 Å². The minimum absolute atomic E-state index is 0. The quantitative estimate of drug-likeness (QED) is 0.551. The van der Waals surface area contributed by atoms with Crippen LogP contribution in [0.15, 0.2) is 18.2 Å². The molecule has 0 spiro atoms. The van der Waals surface area contributed by atoms with E-state index in [9.17, 15) is 17.3 Å². The van der Waals surface area contributed by atoms with Crippen LogP contribution in [0.1, 0.15) is 12.8 Å². The van der Waals surface area contributed by atoms with Crippen LogP contribution in [0.2, 0.25) is 0 Å². The molecule has 1 unspecified atom stereocenters. The molecule has 0 aliphatic carbocycles. The largest absolute Gasteiger partial charge is 1.00 e. The van der Waals surface area contributed by atoms with E-state index in [-0.39, 0.29) is 63.7 Å². The smallest absolute Gasteiger partial charge is 0.491 e. The van der Waals surface area contributed by atoms with Gasteiger partial charge in [0.2, 0.25) is 0 Å². The van der Waals surface area contributed by atoms with Gasteiger partial charge in [0.1, 0.15) is 11.9 Å². The van der Waals surface area contributed by atoms with Crippen molar-refractivity contribution in [3.8, 4) is 5.75 Å². The Hall–Kier alpha value is 0.401. The Morgan fingerprint density at radius 1 is 1.26 bits per heavy atom. The van der Waals surface area contributed by atoms with Gasteiger partial charge >= 0.3 is 58.4 Å². The molecule has 0 saturated carbocycles. The van der Waals surface area contributed by atoms with Crippen molar-refractivity contribution in [2.45, 2.75) is 18.9 Å². The Labute approximate surface area is 151 Å². The minimum atomic E-state index is -5.29. The van der Waals surface area contributed by atoms with Crippen LogP contribution in [-0.4, -0.2) is 26.3 Å². The van der Waals surface area contributed by atoms with Crippen molar-refractivity contribution < 1.29 is 78.2 Å². The zero-order chi connectivity index (χ0) is 13.2. The van der Waals surface area contributed by atoms with Crippen LogP contribution in [0.25, 0.3) is 0 Å². The van der Waals surface area contributed by atoms with E-state index in [2.05, 4.69) is 0 Å². The van der Waals surface area contributed by atoms with Crippen LogP contribution in [0, 0.1) is 5.82 Å². The van der Waals surface area contributed by atoms with Crippen LogP contribution >= 0.6 is 0 Å². The van der Waals surface area contributed by atoms with Gasteiger partial charge in [0.25, 0.3) is 0 Å². The molecule has 0 N–H and O–H groups in total. The van der Waals surface area contributed by atoms with E-state index in [1.54, 1.807) is 0 Å². The van der Waals surface area contributed by atoms with Crippen LogP contribution in [0.5, 0.6) is 5.75 Å². The molecule has 1 aliphatic heterocycles. The van der Waals surface area contributed by atoms with Gasteiger partial charge < -0.3 is 22.4 Å². The first-order valence-corrected chi connectivity index (χ1v) is 5.70. The van der Waals surface area contributed by atoms with Crippen molar-refractivity contribution >= 4 is 12.4 Å². The number of hydrogen-bond acceptors (Lipinski definition) is 2. The molecule has 0 bridgehead atoms. The van der Waals surface area contributed by atoms with Crippen LogP contribution in [0.4, 0.5) is 17.3 Å². The monoisotopic (exact) mass is 302 g/mol. The van der Waals surface area contributed by atoms with Crippen molar-refractivity contribution in [1.82, 2.24) is 0 Å². The molecule has 100 valence electrons. The summed E-state index contributed by atoms with van der Waals surface area (Å²) in [7, 11) is 0. The summed E-state index contributed by atoms with van der Waals surface area (Å²) in [4.78, 5) is 0. The number of halogens is 4. The fourth-order valence-corrected chi connectivity index (χ4v) is 1.87. The summed E-state index contributed by atoms with van der Waals surface area (Å²) in [6, 6.07) is 2.46. The van der Waals surface area contributed by atoms with Gasteiger partial charge in [-0.15, -0.1) is 0 Å². The molecule has 1 atom stereocenters. The average Bonchev–Trinajstić information content (AvgIpc) is 2.31. The minimum Gasteiger partial charge on any atom is -0.491 e. The van der Waals surface area contributed by atoms with Gasteiger partial charge in [0.05, 0.1) is 12.4 Å². The molecule has 19 heavy (non-hydrogen) atoms. The normalized spacial score (nSPS) is 19.7. The SMILES string of the molecule is Fc1ccc(OC2CCCOC2)c([B-](F)(F)F)c1.[K+]. The van der Waals surface area contributed by atoms with Gasteiger partial charge in [0, 0.05) is 6.61 Å². The Bertz CT molecular complexity index is 422. The van der Waals surface area contributed by atoms with Crippen molar-refractivity contribution in [2.75, 3.05) is 13.2 Å². The number of rotatable bonds is 3. The summed E-state index contributed by atoms with van der Waals surface area (Å²) < 4.78 is 61.6. The molecule has 1 aromatic rings. The van der Waals surface area contributed by atoms with E-state index < -0.39 is 24.4 Å². The molecule has 8 heteroatoms. The Balaban J connectivity index is 0.00000180. The maximum absolute atomic E-state index is 12.9. The molecule has 1 heterocycles. The summed E-state index contributed by atoms with van der Waals surface area (Å²) >= 11 is 0. The summed E-state index contributed by atoms with van der Waals surface area (Å²) in [6.07, 6.45) is 0.987. The summed E-state index contributed by atoms with van der Waals surface area (Å²) in [5.74, 6) is -1.24. The Kier molecular flexibility index (Phi) is 6.82. The first kappa shape index (κ1) is 17.5. The topological polar surface area (TPSA) is 18.5 Å². The van der Waals surface area contributed by atoms with Gasteiger partial charge in [0.15, 0.2) is 0 Å². The molecule has 0 radical (unpaired) electrons. The van der Waals surface area contributed by atoms with Gasteiger partial charge in [-0.2, -0.15) is 0 Å². The van der Waals surface area contributed by atoms with Crippen molar-refractivity contribution in [1.29, 1.82) is 0 Å². The molecule has 2 nitrogen and oxygen atoms in total. The Morgan fingerprint density at radius 2 is 2.00 bits per heavy atom. The number of benzene rings is 1. The van der Waals surface area contributed by atoms with Gasteiger partial charge in [-0.3, -0.25) is 0 Å². The van der Waals surface area contributed by atoms with Crippen molar-refractivity contribution in [2.24, 2.45) is 0 Å². The summed E-state index contributed by atoms with van der Waals surface area (Å²) in [5.41, 5.74) is -1.03. The molecule has 1 aromatic carbocycles. The third-order valence-corrected chi connectivity index (χ3v) is 2.74. The van der Waals surface area contributed by atoms with Gasteiger partial charge in [-0.25, -0.2) is 4.39 Å². The Morgan fingerprint density at radius 3 is 2.58 bits per heavy atom. The molecule has 1 fully saturated rings. The van der Waals surface area contributed by atoms with E-state index in [0.29, 0.717) is 19.1 Å². The molecule has 2 rings (SSSR count). The van der Waals surface area contributed by atoms with E-state index in [1.807, 2.05) is 0 Å². The molecular formula is C11H12BF4KO2. The average molecular weight is 302 g/mol. The third-order valence-electron chi connectivity index (χ3n) is 2.74. The number of hydrogen-bond donors (Lipinski definition) is 0. The van der Waals surface area contributed by atoms with Gasteiger partial charge in [-0.05, 0) is 31.0 Å². The molecule has 1 saturated heterocycles. The number of ether oxygens (including phenoxy) is 2. The molecule has 1 aliphatic rings. The van der Waals surface area contributed by atoms with E-state index in [0.717, 1.165) is 18.6 Å². The fourth-order valence-electron chi connectivity index (χ4n) is 1.87.